The van der Waals surface area contributed by atoms with E-state index in [1.807, 2.05) is 55.4 Å². The van der Waals surface area contributed by atoms with Gasteiger partial charge in [0.2, 0.25) is 0 Å². The molecular weight excluding hydrogens is 384 g/mol. The van der Waals surface area contributed by atoms with Crippen molar-refractivity contribution in [1.82, 2.24) is 0 Å². The number of rotatable bonds is 7. The van der Waals surface area contributed by atoms with Crippen molar-refractivity contribution in [3.05, 3.63) is 0 Å². The summed E-state index contributed by atoms with van der Waals surface area (Å²) in [7, 11) is 0. The lowest BCUT2D eigenvalue weighted by Crippen LogP contribution is -2.31. The summed E-state index contributed by atoms with van der Waals surface area (Å²) in [5.74, 6) is 5.71. The van der Waals surface area contributed by atoms with Gasteiger partial charge in [-0.2, -0.15) is 0 Å². The molecule has 1 aliphatic carbocycles. The van der Waals surface area contributed by atoms with E-state index in [2.05, 4.69) is 69.2 Å². The van der Waals surface area contributed by atoms with Crippen molar-refractivity contribution >= 4 is 0 Å². The van der Waals surface area contributed by atoms with E-state index in [-0.39, 0.29) is 0 Å². The molecule has 0 aromatic heterocycles. The Kier molecular flexibility index (Phi) is 58.7. The summed E-state index contributed by atoms with van der Waals surface area (Å²) < 4.78 is 0. The van der Waals surface area contributed by atoms with Gasteiger partial charge < -0.3 is 0 Å². The van der Waals surface area contributed by atoms with Crippen LogP contribution in [-0.4, -0.2) is 0 Å². The monoisotopic (exact) mass is 461 g/mol. The molecule has 1 fully saturated rings. The summed E-state index contributed by atoms with van der Waals surface area (Å²) >= 11 is 0. The molecule has 204 valence electrons. The lowest BCUT2D eigenvalue weighted by Gasteiger charge is -2.38. The Morgan fingerprint density at radius 2 is 1.03 bits per heavy atom. The maximum Gasteiger partial charge on any atom is -0.0334 e. The second-order valence-corrected chi connectivity index (χ2v) is 8.75. The molecule has 0 aromatic rings. The molecular formula is C32H76. The molecule has 5 atom stereocenters. The number of hydrogen-bond acceptors (Lipinski definition) is 0. The normalized spacial score (nSPS) is 18.5. The molecule has 0 bridgehead atoms. The third-order valence-corrected chi connectivity index (χ3v) is 5.48. The van der Waals surface area contributed by atoms with Crippen molar-refractivity contribution in [1.29, 1.82) is 0 Å². The van der Waals surface area contributed by atoms with Crippen LogP contribution in [0.2, 0.25) is 0 Å². The van der Waals surface area contributed by atoms with Gasteiger partial charge in [-0.15, -0.1) is 0 Å². The van der Waals surface area contributed by atoms with E-state index in [0.29, 0.717) is 0 Å². The quantitative estimate of drug-likeness (QED) is 0.354. The van der Waals surface area contributed by atoms with Crippen LogP contribution in [-0.2, 0) is 0 Å². The Balaban J connectivity index is -0.000000101. The molecule has 0 aromatic carbocycles. The first-order valence-corrected chi connectivity index (χ1v) is 15.3. The molecule has 0 heteroatoms. The average Bonchev–Trinajstić information content (AvgIpc) is 3.24. The highest BCUT2D eigenvalue weighted by Gasteiger charge is 2.36. The van der Waals surface area contributed by atoms with Crippen LogP contribution >= 0.6 is 0 Å². The molecule has 1 saturated carbocycles. The zero-order valence-electron chi connectivity index (χ0n) is 27.1. The maximum absolute atomic E-state index is 2.51. The summed E-state index contributed by atoms with van der Waals surface area (Å²) in [6.07, 6.45) is 11.1. The second kappa shape index (κ2) is 41.3. The van der Waals surface area contributed by atoms with Crippen LogP contribution in [0.15, 0.2) is 0 Å². The SMILES string of the molecule is CC.CC.CC.CC.CCC.CCC.CCCC(C)C(C(C)C)C(CC)C1CCC(C)C1. The number of hydrogen-bond donors (Lipinski definition) is 0. The smallest absolute Gasteiger partial charge is 0.0334 e. The van der Waals surface area contributed by atoms with Crippen LogP contribution in [0.25, 0.3) is 0 Å². The standard InChI is InChI=1S/C18H36.2C3H8.4C2H6/c1-7-9-15(6)18(13(3)4)17(8-2)16-11-10-14(5)12-16;2*1-3-2;4*1-2/h13-18H,7-12H2,1-6H3;2*3H2,1-2H3;4*1-2H3. The fourth-order valence-corrected chi connectivity index (χ4v) is 4.78. The minimum absolute atomic E-state index is 0.854. The van der Waals surface area contributed by atoms with E-state index in [0.717, 1.165) is 35.5 Å². The summed E-state index contributed by atoms with van der Waals surface area (Å²) in [5, 5.41) is 0. The first-order chi connectivity index (χ1) is 15.3. The molecule has 0 heterocycles. The van der Waals surface area contributed by atoms with Crippen LogP contribution in [0.4, 0.5) is 0 Å². The Morgan fingerprint density at radius 1 is 0.656 bits per heavy atom. The zero-order valence-corrected chi connectivity index (χ0v) is 27.1. The highest BCUT2D eigenvalue weighted by molar-refractivity contribution is 4.85. The van der Waals surface area contributed by atoms with Gasteiger partial charge >= 0.3 is 0 Å². The largest absolute Gasteiger partial charge is 0.0683 e. The molecule has 0 nitrogen and oxygen atoms in total. The van der Waals surface area contributed by atoms with Gasteiger partial charge in [0.05, 0.1) is 0 Å². The predicted molar refractivity (Wildman–Crippen MR) is 160 cm³/mol. The van der Waals surface area contributed by atoms with Gasteiger partial charge in [-0.3, -0.25) is 0 Å². The van der Waals surface area contributed by atoms with Gasteiger partial charge in [0, 0.05) is 0 Å². The third kappa shape index (κ3) is 28.0. The first-order valence-electron chi connectivity index (χ1n) is 15.3. The molecule has 0 amide bonds. The van der Waals surface area contributed by atoms with E-state index in [9.17, 15) is 0 Å². The van der Waals surface area contributed by atoms with Crippen molar-refractivity contribution in [3.63, 3.8) is 0 Å². The van der Waals surface area contributed by atoms with Crippen LogP contribution in [0.1, 0.15) is 176 Å². The molecule has 1 rings (SSSR count). The summed E-state index contributed by atoms with van der Waals surface area (Å²) in [4.78, 5) is 0. The molecule has 32 heavy (non-hydrogen) atoms. The Bertz CT molecular complexity index is 240. The van der Waals surface area contributed by atoms with E-state index in [4.69, 9.17) is 0 Å². The first kappa shape index (κ1) is 45.5. The average molecular weight is 461 g/mol. The lowest BCUT2D eigenvalue weighted by molar-refractivity contribution is 0.111. The van der Waals surface area contributed by atoms with Gasteiger partial charge in [-0.1, -0.05) is 163 Å². The Hall–Kier alpha value is 0. The molecule has 0 spiro atoms. The molecule has 0 N–H and O–H groups in total. The summed E-state index contributed by atoms with van der Waals surface area (Å²) in [5.41, 5.74) is 0. The summed E-state index contributed by atoms with van der Waals surface area (Å²) in [6, 6.07) is 0. The summed E-state index contributed by atoms with van der Waals surface area (Å²) in [6.45, 7) is 39.1. The van der Waals surface area contributed by atoms with Gasteiger partial charge in [0.1, 0.15) is 0 Å². The van der Waals surface area contributed by atoms with Crippen molar-refractivity contribution in [2.24, 2.45) is 35.5 Å². The highest BCUT2D eigenvalue weighted by Crippen LogP contribution is 2.45. The van der Waals surface area contributed by atoms with Gasteiger partial charge in [-0.05, 0) is 48.3 Å². The van der Waals surface area contributed by atoms with Crippen LogP contribution in [0, 0.1) is 35.5 Å². The molecule has 1 aliphatic rings. The van der Waals surface area contributed by atoms with E-state index < -0.39 is 0 Å². The minimum atomic E-state index is 0.854. The predicted octanol–water partition coefficient (Wildman–Crippen LogP) is 13.1. The van der Waals surface area contributed by atoms with Crippen LogP contribution < -0.4 is 0 Å². The minimum Gasteiger partial charge on any atom is -0.0683 e. The van der Waals surface area contributed by atoms with Gasteiger partial charge in [0.15, 0.2) is 0 Å². The fourth-order valence-electron chi connectivity index (χ4n) is 4.78. The van der Waals surface area contributed by atoms with Crippen molar-refractivity contribution in [3.8, 4) is 0 Å². The Labute approximate surface area is 211 Å². The second-order valence-electron chi connectivity index (χ2n) is 8.75. The molecule has 0 radical (unpaired) electrons. The van der Waals surface area contributed by atoms with Gasteiger partial charge in [-0.25, -0.2) is 0 Å². The molecule has 5 unspecified atom stereocenters. The molecule has 0 aliphatic heterocycles. The molecule has 0 saturated heterocycles. The maximum atomic E-state index is 2.51. The van der Waals surface area contributed by atoms with Gasteiger partial charge in [0.25, 0.3) is 0 Å². The third-order valence-electron chi connectivity index (χ3n) is 5.48. The topological polar surface area (TPSA) is 0 Å². The van der Waals surface area contributed by atoms with Crippen molar-refractivity contribution in [2.75, 3.05) is 0 Å². The van der Waals surface area contributed by atoms with Crippen molar-refractivity contribution < 1.29 is 0 Å². The van der Waals surface area contributed by atoms with Crippen LogP contribution in [0.5, 0.6) is 0 Å². The van der Waals surface area contributed by atoms with E-state index in [1.165, 1.54) is 51.4 Å². The lowest BCUT2D eigenvalue weighted by atomic mass is 9.67. The van der Waals surface area contributed by atoms with E-state index in [1.54, 1.807) is 0 Å². The van der Waals surface area contributed by atoms with Crippen molar-refractivity contribution in [2.45, 2.75) is 176 Å². The van der Waals surface area contributed by atoms with E-state index >= 15 is 0 Å². The fraction of sp³-hybridized carbons (Fsp3) is 1.00. The zero-order chi connectivity index (χ0) is 27.1. The highest BCUT2D eigenvalue weighted by atomic mass is 14.4. The Morgan fingerprint density at radius 3 is 1.25 bits per heavy atom. The van der Waals surface area contributed by atoms with Crippen LogP contribution in [0.3, 0.4) is 0 Å².